The Bertz CT molecular complexity index is 1910. The molecule has 6 rings (SSSR count). The largest absolute Gasteiger partial charge is 0.410 e. The van der Waals surface area contributed by atoms with E-state index in [1.807, 2.05) is 30.0 Å². The highest BCUT2D eigenvalue weighted by Crippen LogP contribution is 2.42. The summed E-state index contributed by atoms with van der Waals surface area (Å²) in [6.07, 6.45) is 2.87. The summed E-state index contributed by atoms with van der Waals surface area (Å²) in [6, 6.07) is 14.9. The van der Waals surface area contributed by atoms with Gasteiger partial charge in [0.1, 0.15) is 5.71 Å². The molecule has 12 heteroatoms. The highest BCUT2D eigenvalue weighted by Gasteiger charge is 2.37. The Morgan fingerprint density at radius 3 is 2.04 bits per heavy atom. The summed E-state index contributed by atoms with van der Waals surface area (Å²) < 4.78 is 71.5. The van der Waals surface area contributed by atoms with Gasteiger partial charge in [-0.1, -0.05) is 43.3 Å². The first-order valence-electron chi connectivity index (χ1n) is 15.7. The smallest absolute Gasteiger partial charge is 0.243 e. The molecule has 0 aromatic heterocycles. The van der Waals surface area contributed by atoms with Crippen LogP contribution in [-0.2, 0) is 26.4 Å². The Balaban J connectivity index is 1.22. The van der Waals surface area contributed by atoms with Crippen LogP contribution in [0.25, 0.3) is 11.1 Å². The van der Waals surface area contributed by atoms with Crippen LogP contribution in [0.2, 0.25) is 0 Å². The topological polar surface area (TPSA) is 111 Å². The van der Waals surface area contributed by atoms with E-state index in [0.717, 1.165) is 12.8 Å². The van der Waals surface area contributed by atoms with Gasteiger partial charge in [-0.15, -0.1) is 0 Å². The van der Waals surface area contributed by atoms with Gasteiger partial charge in [0.15, 0.2) is 15.7 Å². The van der Waals surface area contributed by atoms with Gasteiger partial charge in [-0.25, -0.2) is 21.2 Å². The fourth-order valence-electron chi connectivity index (χ4n) is 6.97. The van der Waals surface area contributed by atoms with Crippen LogP contribution in [0.4, 0.5) is 10.1 Å². The molecule has 0 atom stereocenters. The second-order valence-corrected chi connectivity index (χ2v) is 17.8. The van der Waals surface area contributed by atoms with Crippen LogP contribution in [-0.4, -0.2) is 82.5 Å². The average molecular weight is 669 g/mol. The van der Waals surface area contributed by atoms with Crippen LogP contribution in [0, 0.1) is 11.2 Å². The lowest BCUT2D eigenvalue weighted by atomic mass is 9.77. The van der Waals surface area contributed by atoms with Crippen LogP contribution < -0.4 is 4.90 Å². The molecule has 0 bridgehead atoms. The normalized spacial score (nSPS) is 19.9. The molecular formula is C34H41FN4O5S2. The summed E-state index contributed by atoms with van der Waals surface area (Å²) in [7, 11) is -3.77. The predicted octanol–water partition coefficient (Wildman–Crippen LogP) is 5.35. The number of fused-ring (bicyclic) bond motifs is 3. The van der Waals surface area contributed by atoms with E-state index in [1.54, 1.807) is 36.4 Å². The van der Waals surface area contributed by atoms with Gasteiger partial charge in [0.2, 0.25) is 10.0 Å². The van der Waals surface area contributed by atoms with E-state index in [1.165, 1.54) is 16.4 Å². The number of oxime groups is 1. The first-order chi connectivity index (χ1) is 21.7. The van der Waals surface area contributed by atoms with E-state index in [4.69, 9.17) is 0 Å². The van der Waals surface area contributed by atoms with Crippen LogP contribution in [0.15, 0.2) is 69.5 Å². The Labute approximate surface area is 271 Å². The van der Waals surface area contributed by atoms with Crippen LogP contribution in [0.5, 0.6) is 0 Å². The van der Waals surface area contributed by atoms with E-state index in [-0.39, 0.29) is 39.8 Å². The summed E-state index contributed by atoms with van der Waals surface area (Å²) in [5.74, 6) is -0.292. The second kappa shape index (κ2) is 12.0. The minimum absolute atomic E-state index is 0.0467. The number of nitrogens with zero attached hydrogens (tertiary/aromatic N) is 4. The van der Waals surface area contributed by atoms with Crippen LogP contribution >= 0.6 is 0 Å². The van der Waals surface area contributed by atoms with Crippen molar-refractivity contribution in [1.82, 2.24) is 9.21 Å². The highest BCUT2D eigenvalue weighted by molar-refractivity contribution is 7.92. The van der Waals surface area contributed by atoms with Crippen molar-refractivity contribution < 1.29 is 26.4 Å². The van der Waals surface area contributed by atoms with Crippen molar-refractivity contribution in [1.29, 1.82) is 0 Å². The van der Waals surface area contributed by atoms with E-state index >= 15 is 4.39 Å². The number of halogens is 1. The van der Waals surface area contributed by atoms with Gasteiger partial charge in [-0.2, -0.15) is 4.31 Å². The van der Waals surface area contributed by atoms with Gasteiger partial charge in [0, 0.05) is 49.4 Å². The number of hydrogen-bond acceptors (Lipinski definition) is 8. The van der Waals surface area contributed by atoms with Crippen LogP contribution in [0.1, 0.15) is 56.2 Å². The number of anilines is 1. The molecule has 0 spiro atoms. The molecule has 1 N–H and O–H groups in total. The van der Waals surface area contributed by atoms with Crippen molar-refractivity contribution in [3.05, 3.63) is 77.1 Å². The Kier molecular flexibility index (Phi) is 8.54. The van der Waals surface area contributed by atoms with Crippen molar-refractivity contribution in [2.45, 2.75) is 61.1 Å². The van der Waals surface area contributed by atoms with Gasteiger partial charge in [0.25, 0.3) is 0 Å². The van der Waals surface area contributed by atoms with Crippen molar-refractivity contribution >= 4 is 31.3 Å². The molecule has 3 aromatic carbocycles. The van der Waals surface area contributed by atoms with Gasteiger partial charge < -0.3 is 15.0 Å². The van der Waals surface area contributed by atoms with Crippen molar-refractivity contribution in [2.24, 2.45) is 10.6 Å². The molecule has 9 nitrogen and oxygen atoms in total. The third-order valence-corrected chi connectivity index (χ3v) is 13.9. The van der Waals surface area contributed by atoms with Crippen molar-refractivity contribution in [3.63, 3.8) is 0 Å². The third-order valence-electron chi connectivity index (χ3n) is 9.70. The number of hydrogen-bond donors (Lipinski definition) is 1. The Morgan fingerprint density at radius 2 is 1.46 bits per heavy atom. The Morgan fingerprint density at radius 1 is 0.870 bits per heavy atom. The summed E-state index contributed by atoms with van der Waals surface area (Å²) >= 11 is 0. The van der Waals surface area contributed by atoms with E-state index in [2.05, 4.69) is 19.0 Å². The zero-order valence-corrected chi connectivity index (χ0v) is 28.3. The molecule has 3 aromatic rings. The molecule has 1 saturated carbocycles. The molecule has 2 fully saturated rings. The lowest BCUT2D eigenvalue weighted by Gasteiger charge is -2.35. The summed E-state index contributed by atoms with van der Waals surface area (Å²) in [5.41, 5.74) is 3.55. The van der Waals surface area contributed by atoms with Crippen molar-refractivity contribution in [2.75, 3.05) is 45.2 Å². The van der Waals surface area contributed by atoms with Crippen LogP contribution in [0.3, 0.4) is 0 Å². The maximum absolute atomic E-state index is 15.3. The predicted molar refractivity (Wildman–Crippen MR) is 177 cm³/mol. The minimum Gasteiger partial charge on any atom is -0.410 e. The second-order valence-electron chi connectivity index (χ2n) is 13.7. The molecule has 246 valence electrons. The van der Waals surface area contributed by atoms with E-state index < -0.39 is 25.1 Å². The number of benzene rings is 3. The summed E-state index contributed by atoms with van der Waals surface area (Å²) in [4.78, 5) is 3.99. The van der Waals surface area contributed by atoms with Crippen molar-refractivity contribution in [3.8, 4) is 11.1 Å². The first-order valence-corrected chi connectivity index (χ1v) is 18.6. The summed E-state index contributed by atoms with van der Waals surface area (Å²) in [6.45, 7) is 5.80. The number of sulfone groups is 1. The standard InChI is InChI=1S/C34H41FN4O5S2/c1-34(2)14-12-24(13-15-34)45(41,42)25-8-10-27-28-11-9-26(21-30(28)33(36-40)29(27)20-25)46(43,44)39-18-16-38(17-19-39)31-7-5-6-23(32(31)35)22-37(3)4/h5-11,20-21,24,40H,12-19,22H2,1-4H3/b36-33-. The van der Waals surface area contributed by atoms with Gasteiger partial charge in [-0.05, 0) is 86.7 Å². The average Bonchev–Trinajstić information content (AvgIpc) is 3.34. The SMILES string of the molecule is CN(C)Cc1cccc(N2CCN(S(=O)(=O)c3ccc4c(c3)/C(=N\O)c3cc(S(=O)(=O)C5CCC(C)(C)CC5)ccc3-4)CC2)c1F. The van der Waals surface area contributed by atoms with E-state index in [0.29, 0.717) is 66.0 Å². The maximum atomic E-state index is 15.3. The summed E-state index contributed by atoms with van der Waals surface area (Å²) in [5, 5.41) is 13.1. The highest BCUT2D eigenvalue weighted by atomic mass is 32.2. The zero-order chi connectivity index (χ0) is 33.0. The minimum atomic E-state index is -3.92. The van der Waals surface area contributed by atoms with Gasteiger partial charge in [-0.3, -0.25) is 0 Å². The molecule has 0 unspecified atom stereocenters. The molecule has 3 aliphatic rings. The molecule has 2 aliphatic carbocycles. The monoisotopic (exact) mass is 668 g/mol. The third kappa shape index (κ3) is 5.85. The van der Waals surface area contributed by atoms with E-state index in [9.17, 15) is 22.0 Å². The fourth-order valence-corrected chi connectivity index (χ4v) is 10.2. The lowest BCUT2D eigenvalue weighted by molar-refractivity contribution is 0.246. The number of piperazine rings is 1. The fraction of sp³-hybridized carbons (Fsp3) is 0.441. The maximum Gasteiger partial charge on any atom is 0.243 e. The number of sulfonamides is 1. The first kappa shape index (κ1) is 32.6. The van der Waals surface area contributed by atoms with Gasteiger partial charge in [0.05, 0.1) is 20.7 Å². The Hall–Kier alpha value is -3.32. The zero-order valence-electron chi connectivity index (χ0n) is 26.7. The van der Waals surface area contributed by atoms with Gasteiger partial charge >= 0.3 is 0 Å². The molecule has 0 amide bonds. The molecule has 1 saturated heterocycles. The molecule has 1 heterocycles. The number of rotatable bonds is 7. The molecular weight excluding hydrogens is 628 g/mol. The quantitative estimate of drug-likeness (QED) is 0.209. The molecule has 46 heavy (non-hydrogen) atoms. The molecule has 1 aliphatic heterocycles. The lowest BCUT2D eigenvalue weighted by Crippen LogP contribution is -2.49. The molecule has 0 radical (unpaired) electrons.